The first-order chi connectivity index (χ1) is 9.63. The van der Waals surface area contributed by atoms with E-state index in [1.807, 2.05) is 0 Å². The van der Waals surface area contributed by atoms with Crippen molar-refractivity contribution < 1.29 is 4.74 Å². The van der Waals surface area contributed by atoms with Crippen molar-refractivity contribution in [2.45, 2.75) is 52.4 Å². The van der Waals surface area contributed by atoms with Crippen LogP contribution in [0.2, 0.25) is 0 Å². The molecule has 1 aliphatic heterocycles. The molecule has 0 aliphatic carbocycles. The van der Waals surface area contributed by atoms with Gasteiger partial charge < -0.3 is 10.1 Å². The van der Waals surface area contributed by atoms with Crippen LogP contribution in [0.15, 0.2) is 24.3 Å². The van der Waals surface area contributed by atoms with E-state index in [1.54, 1.807) is 0 Å². The molecule has 0 saturated carbocycles. The lowest BCUT2D eigenvalue weighted by Crippen LogP contribution is -2.29. The molecule has 1 aromatic rings. The molecule has 0 bridgehead atoms. The van der Waals surface area contributed by atoms with Crippen molar-refractivity contribution in [1.82, 2.24) is 10.2 Å². The van der Waals surface area contributed by atoms with Crippen LogP contribution in [-0.2, 0) is 17.8 Å². The summed E-state index contributed by atoms with van der Waals surface area (Å²) in [7, 11) is 0. The molecule has 0 amide bonds. The molecule has 1 heterocycles. The van der Waals surface area contributed by atoms with E-state index in [9.17, 15) is 0 Å². The molecule has 0 radical (unpaired) electrons. The number of ether oxygens (including phenoxy) is 1. The van der Waals surface area contributed by atoms with Crippen LogP contribution >= 0.6 is 0 Å². The van der Waals surface area contributed by atoms with Gasteiger partial charge in [0.2, 0.25) is 0 Å². The summed E-state index contributed by atoms with van der Waals surface area (Å²) >= 11 is 0. The maximum absolute atomic E-state index is 5.71. The molecule has 3 nitrogen and oxygen atoms in total. The third kappa shape index (κ3) is 5.23. The molecule has 1 aromatic carbocycles. The average molecular weight is 276 g/mol. The van der Waals surface area contributed by atoms with Gasteiger partial charge in [0.25, 0.3) is 0 Å². The van der Waals surface area contributed by atoms with E-state index in [1.165, 1.54) is 11.1 Å². The number of hydrogen-bond acceptors (Lipinski definition) is 3. The lowest BCUT2D eigenvalue weighted by Gasteiger charge is -2.22. The molecule has 1 saturated heterocycles. The first kappa shape index (κ1) is 15.5. The summed E-state index contributed by atoms with van der Waals surface area (Å²) in [4.78, 5) is 2.51. The van der Waals surface area contributed by atoms with E-state index in [-0.39, 0.29) is 0 Å². The van der Waals surface area contributed by atoms with E-state index in [2.05, 4.69) is 55.3 Å². The third-order valence-corrected chi connectivity index (χ3v) is 3.65. The summed E-state index contributed by atoms with van der Waals surface area (Å²) in [5.74, 6) is 0. The highest BCUT2D eigenvalue weighted by Crippen LogP contribution is 2.12. The van der Waals surface area contributed by atoms with Gasteiger partial charge in [-0.15, -0.1) is 0 Å². The zero-order valence-corrected chi connectivity index (χ0v) is 13.1. The van der Waals surface area contributed by atoms with Crippen LogP contribution < -0.4 is 5.32 Å². The van der Waals surface area contributed by atoms with Gasteiger partial charge in [-0.3, -0.25) is 4.90 Å². The zero-order valence-electron chi connectivity index (χ0n) is 13.1. The summed E-state index contributed by atoms with van der Waals surface area (Å²) in [6, 6.07) is 9.46. The van der Waals surface area contributed by atoms with Gasteiger partial charge >= 0.3 is 0 Å². The Bertz CT molecular complexity index is 406. The Morgan fingerprint density at radius 1 is 1.35 bits per heavy atom. The van der Waals surface area contributed by atoms with E-state index in [4.69, 9.17) is 4.74 Å². The third-order valence-electron chi connectivity index (χ3n) is 3.65. The van der Waals surface area contributed by atoms with Gasteiger partial charge in [-0.2, -0.15) is 0 Å². The van der Waals surface area contributed by atoms with E-state index < -0.39 is 0 Å². The van der Waals surface area contributed by atoms with Crippen molar-refractivity contribution in [2.24, 2.45) is 0 Å². The minimum absolute atomic E-state index is 0.350. The van der Waals surface area contributed by atoms with E-state index in [0.717, 1.165) is 39.2 Å². The van der Waals surface area contributed by atoms with Crippen LogP contribution in [0, 0.1) is 0 Å². The van der Waals surface area contributed by atoms with E-state index in [0.29, 0.717) is 12.1 Å². The molecular weight excluding hydrogens is 248 g/mol. The van der Waals surface area contributed by atoms with Gasteiger partial charge in [0, 0.05) is 38.8 Å². The van der Waals surface area contributed by atoms with Gasteiger partial charge in [0.05, 0.1) is 6.10 Å². The minimum Gasteiger partial charge on any atom is -0.377 e. The highest BCUT2D eigenvalue weighted by Gasteiger charge is 2.15. The minimum atomic E-state index is 0.350. The molecule has 112 valence electrons. The topological polar surface area (TPSA) is 24.5 Å². The largest absolute Gasteiger partial charge is 0.377 e. The maximum atomic E-state index is 5.71. The summed E-state index contributed by atoms with van der Waals surface area (Å²) in [6.07, 6.45) is 1.49. The van der Waals surface area contributed by atoms with Crippen LogP contribution in [0.5, 0.6) is 0 Å². The Morgan fingerprint density at radius 2 is 2.15 bits per heavy atom. The predicted octanol–water partition coefficient (Wildman–Crippen LogP) is 2.80. The molecule has 20 heavy (non-hydrogen) atoms. The summed E-state index contributed by atoms with van der Waals surface area (Å²) in [6.45, 7) is 11.6. The normalized spacial score (nSPS) is 21.1. The first-order valence-corrected chi connectivity index (χ1v) is 7.78. The lowest BCUT2D eigenvalue weighted by atomic mass is 10.1. The van der Waals surface area contributed by atoms with Gasteiger partial charge in [-0.05, 0) is 24.5 Å². The van der Waals surface area contributed by atoms with Crippen LogP contribution in [0.1, 0.15) is 38.3 Å². The summed E-state index contributed by atoms with van der Waals surface area (Å²) in [5, 5.41) is 3.48. The number of hydrogen-bond donors (Lipinski definition) is 1. The second-order valence-electron chi connectivity index (χ2n) is 6.13. The smallest absolute Gasteiger partial charge is 0.0674 e. The Morgan fingerprint density at radius 3 is 2.95 bits per heavy atom. The Balaban J connectivity index is 1.92. The second-order valence-corrected chi connectivity index (χ2v) is 6.13. The average Bonchev–Trinajstić information content (AvgIpc) is 2.61. The predicted molar refractivity (Wildman–Crippen MR) is 83.7 cm³/mol. The van der Waals surface area contributed by atoms with Crippen molar-refractivity contribution in [1.29, 1.82) is 0 Å². The quantitative estimate of drug-likeness (QED) is 0.895. The number of nitrogens with one attached hydrogen (secondary N) is 1. The molecule has 2 rings (SSSR count). The van der Waals surface area contributed by atoms with Crippen LogP contribution in [0.25, 0.3) is 0 Å². The fourth-order valence-electron chi connectivity index (χ4n) is 2.64. The zero-order chi connectivity index (χ0) is 14.4. The molecule has 1 atom stereocenters. The number of nitrogens with zero attached hydrogens (tertiary/aromatic N) is 1. The van der Waals surface area contributed by atoms with Crippen LogP contribution in [0.3, 0.4) is 0 Å². The Kier molecular flexibility index (Phi) is 6.02. The lowest BCUT2D eigenvalue weighted by molar-refractivity contribution is 0.0668. The first-order valence-electron chi connectivity index (χ1n) is 7.78. The van der Waals surface area contributed by atoms with Crippen molar-refractivity contribution >= 4 is 0 Å². The number of rotatable bonds is 5. The van der Waals surface area contributed by atoms with Gasteiger partial charge in [0.1, 0.15) is 0 Å². The second kappa shape index (κ2) is 7.77. The van der Waals surface area contributed by atoms with Gasteiger partial charge in [0.15, 0.2) is 0 Å². The number of benzene rings is 1. The van der Waals surface area contributed by atoms with Crippen molar-refractivity contribution in [3.8, 4) is 0 Å². The monoisotopic (exact) mass is 276 g/mol. The fraction of sp³-hybridized carbons (Fsp3) is 0.647. The van der Waals surface area contributed by atoms with Crippen molar-refractivity contribution in [3.63, 3.8) is 0 Å². The van der Waals surface area contributed by atoms with Gasteiger partial charge in [-0.25, -0.2) is 0 Å². The molecule has 0 aromatic heterocycles. The molecule has 1 aliphatic rings. The SMILES string of the molecule is CC(C)NCc1cccc(CN2CCCOC(C)C2)c1. The highest BCUT2D eigenvalue weighted by atomic mass is 16.5. The summed E-state index contributed by atoms with van der Waals surface area (Å²) < 4.78 is 5.71. The standard InChI is InChI=1S/C17H28N2O/c1-14(2)18-11-16-6-4-7-17(10-16)13-19-8-5-9-20-15(3)12-19/h4,6-7,10,14-15,18H,5,8-9,11-13H2,1-3H3. The molecule has 1 unspecified atom stereocenters. The molecule has 1 N–H and O–H groups in total. The van der Waals surface area contributed by atoms with Gasteiger partial charge in [-0.1, -0.05) is 38.1 Å². The Labute approximate surface area is 123 Å². The molecular formula is C17H28N2O. The van der Waals surface area contributed by atoms with Crippen molar-refractivity contribution in [3.05, 3.63) is 35.4 Å². The summed E-state index contributed by atoms with van der Waals surface area (Å²) in [5.41, 5.74) is 2.78. The fourth-order valence-corrected chi connectivity index (χ4v) is 2.64. The maximum Gasteiger partial charge on any atom is 0.0674 e. The van der Waals surface area contributed by atoms with E-state index >= 15 is 0 Å². The molecule has 0 spiro atoms. The Hall–Kier alpha value is -0.900. The van der Waals surface area contributed by atoms with Crippen LogP contribution in [0.4, 0.5) is 0 Å². The van der Waals surface area contributed by atoms with Crippen molar-refractivity contribution in [2.75, 3.05) is 19.7 Å². The molecule has 1 fully saturated rings. The molecule has 3 heteroatoms. The van der Waals surface area contributed by atoms with Crippen LogP contribution in [-0.4, -0.2) is 36.7 Å². The highest BCUT2D eigenvalue weighted by molar-refractivity contribution is 5.23.